The molecule has 176 valence electrons. The molecule has 2 aromatic rings. The van der Waals surface area contributed by atoms with E-state index in [0.717, 1.165) is 0 Å². The van der Waals surface area contributed by atoms with Gasteiger partial charge in [0.2, 0.25) is 15.9 Å². The van der Waals surface area contributed by atoms with Gasteiger partial charge in [-0.3, -0.25) is 9.59 Å². The van der Waals surface area contributed by atoms with Gasteiger partial charge in [0, 0.05) is 31.3 Å². The average Bonchev–Trinajstić information content (AvgIpc) is 3.22. The first kappa shape index (κ1) is 23.3. The molecular formula is C22H24FN3O6S. The number of amides is 2. The molecule has 2 heterocycles. The summed E-state index contributed by atoms with van der Waals surface area (Å²) in [6, 6.07) is 9.84. The van der Waals surface area contributed by atoms with Crippen molar-refractivity contribution >= 4 is 27.5 Å². The second-order valence-electron chi connectivity index (χ2n) is 7.94. The predicted molar refractivity (Wildman–Crippen MR) is 117 cm³/mol. The molecule has 0 bridgehead atoms. The Morgan fingerprint density at radius 2 is 1.76 bits per heavy atom. The number of ether oxygens (including phenoxy) is 2. The smallest absolute Gasteiger partial charge is 0.254 e. The van der Waals surface area contributed by atoms with Crippen LogP contribution in [0.3, 0.4) is 0 Å². The quantitative estimate of drug-likeness (QED) is 0.623. The largest absolute Gasteiger partial charge is 0.380 e. The maximum atomic E-state index is 13.2. The molecule has 4 rings (SSSR count). The molecule has 0 radical (unpaired) electrons. The number of anilines is 1. The monoisotopic (exact) mass is 477 g/mol. The van der Waals surface area contributed by atoms with Crippen LogP contribution >= 0.6 is 0 Å². The highest BCUT2D eigenvalue weighted by molar-refractivity contribution is 7.89. The Morgan fingerprint density at radius 3 is 2.33 bits per heavy atom. The van der Waals surface area contributed by atoms with Gasteiger partial charge in [0.15, 0.2) is 0 Å². The van der Waals surface area contributed by atoms with Crippen molar-refractivity contribution in [1.29, 1.82) is 0 Å². The Morgan fingerprint density at radius 1 is 1.09 bits per heavy atom. The van der Waals surface area contributed by atoms with Gasteiger partial charge in [-0.1, -0.05) is 0 Å². The molecule has 2 aliphatic heterocycles. The molecule has 33 heavy (non-hydrogen) atoms. The van der Waals surface area contributed by atoms with Crippen molar-refractivity contribution in [3.63, 3.8) is 0 Å². The van der Waals surface area contributed by atoms with Gasteiger partial charge in [0.05, 0.1) is 30.3 Å². The highest BCUT2D eigenvalue weighted by atomic mass is 32.2. The third-order valence-corrected chi connectivity index (χ3v) is 7.18. The molecule has 2 atom stereocenters. The normalized spacial score (nSPS) is 21.0. The number of methoxy groups -OCH3 is 1. The zero-order valence-electron chi connectivity index (χ0n) is 17.9. The number of hydrogen-bond acceptors (Lipinski definition) is 6. The van der Waals surface area contributed by atoms with Crippen LogP contribution in [0.15, 0.2) is 53.4 Å². The van der Waals surface area contributed by atoms with Crippen LogP contribution in [0.1, 0.15) is 16.8 Å². The minimum atomic E-state index is -3.68. The van der Waals surface area contributed by atoms with E-state index in [4.69, 9.17) is 9.47 Å². The molecule has 2 fully saturated rings. The number of carbonyl (C=O) groups excluding carboxylic acids is 2. The minimum absolute atomic E-state index is 0.0702. The third-order valence-electron chi connectivity index (χ3n) is 5.64. The summed E-state index contributed by atoms with van der Waals surface area (Å²) in [5, 5.41) is 2.73. The summed E-state index contributed by atoms with van der Waals surface area (Å²) in [4.78, 5) is 27.4. The Hall–Kier alpha value is -2.86. The number of halogens is 1. The third kappa shape index (κ3) is 5.22. The number of likely N-dealkylation sites (tertiary alicyclic amines) is 1. The minimum Gasteiger partial charge on any atom is -0.380 e. The number of nitrogens with one attached hydrogen (secondary N) is 2. The van der Waals surface area contributed by atoms with E-state index in [0.29, 0.717) is 25.3 Å². The molecule has 0 saturated carbocycles. The molecule has 0 aliphatic carbocycles. The molecule has 2 aromatic carbocycles. The van der Waals surface area contributed by atoms with Gasteiger partial charge >= 0.3 is 0 Å². The summed E-state index contributed by atoms with van der Waals surface area (Å²) in [6.07, 6.45) is -0.0195. The lowest BCUT2D eigenvalue weighted by Gasteiger charge is -2.26. The van der Waals surface area contributed by atoms with Crippen molar-refractivity contribution in [1.82, 2.24) is 9.62 Å². The highest BCUT2D eigenvalue weighted by Gasteiger charge is 2.40. The lowest BCUT2D eigenvalue weighted by molar-refractivity contribution is -0.119. The summed E-state index contributed by atoms with van der Waals surface area (Å²) < 4.78 is 50.9. The van der Waals surface area contributed by atoms with Gasteiger partial charge in [0.25, 0.3) is 5.91 Å². The molecule has 2 saturated heterocycles. The second kappa shape index (κ2) is 9.56. The second-order valence-corrected chi connectivity index (χ2v) is 9.66. The van der Waals surface area contributed by atoms with Gasteiger partial charge in [-0.2, -0.15) is 0 Å². The number of benzene rings is 2. The van der Waals surface area contributed by atoms with Crippen LogP contribution in [-0.4, -0.2) is 70.2 Å². The Kier molecular flexibility index (Phi) is 6.75. The lowest BCUT2D eigenvalue weighted by Crippen LogP contribution is -2.48. The average molecular weight is 478 g/mol. The van der Waals surface area contributed by atoms with Gasteiger partial charge in [-0.15, -0.1) is 0 Å². The van der Waals surface area contributed by atoms with Crippen LogP contribution in [0.4, 0.5) is 10.1 Å². The fraction of sp³-hybridized carbons (Fsp3) is 0.364. The number of nitrogens with zero attached hydrogens (tertiary/aromatic N) is 1. The molecular weight excluding hydrogens is 453 g/mol. The fourth-order valence-electron chi connectivity index (χ4n) is 3.73. The molecule has 0 aromatic heterocycles. The van der Waals surface area contributed by atoms with Gasteiger partial charge in [-0.25, -0.2) is 17.5 Å². The van der Waals surface area contributed by atoms with Crippen LogP contribution < -0.4 is 10.0 Å². The molecule has 2 N–H and O–H groups in total. The van der Waals surface area contributed by atoms with E-state index in [2.05, 4.69) is 10.0 Å². The maximum Gasteiger partial charge on any atom is 0.254 e. The molecule has 2 amide bonds. The van der Waals surface area contributed by atoms with Crippen LogP contribution in [0.25, 0.3) is 0 Å². The zero-order valence-corrected chi connectivity index (χ0v) is 18.7. The van der Waals surface area contributed by atoms with Crippen molar-refractivity contribution in [2.45, 2.75) is 29.5 Å². The van der Waals surface area contributed by atoms with Crippen molar-refractivity contribution in [3.05, 3.63) is 59.9 Å². The number of hydrogen-bond donors (Lipinski definition) is 2. The van der Waals surface area contributed by atoms with E-state index in [9.17, 15) is 22.4 Å². The Labute approximate surface area is 190 Å². The first-order valence-corrected chi connectivity index (χ1v) is 11.9. The molecule has 0 unspecified atom stereocenters. The number of rotatable bonds is 7. The van der Waals surface area contributed by atoms with Crippen LogP contribution in [0, 0.1) is 5.82 Å². The highest BCUT2D eigenvalue weighted by Crippen LogP contribution is 2.24. The number of carbonyl (C=O) groups is 2. The van der Waals surface area contributed by atoms with E-state index >= 15 is 0 Å². The molecule has 11 heteroatoms. The first-order chi connectivity index (χ1) is 15.8. The molecule has 9 nitrogen and oxygen atoms in total. The summed E-state index contributed by atoms with van der Waals surface area (Å²) >= 11 is 0. The van der Waals surface area contributed by atoms with Crippen molar-refractivity contribution < 1.29 is 31.9 Å². The standard InChI is InChI=1S/C22H24FN3O6S/c1-31-18-10-20(26(11-18)22(28)14-2-4-15(23)5-3-14)21(27)24-16-6-8-19(9-7-16)33(29,30)25-17-12-32-13-17/h2-9,17-18,20,25H,10-13H2,1H3,(H,24,27)/t18-,20-/m0/s1. The van der Waals surface area contributed by atoms with E-state index in [1.54, 1.807) is 0 Å². The fourth-order valence-corrected chi connectivity index (χ4v) is 4.94. The van der Waals surface area contributed by atoms with E-state index in [1.165, 1.54) is 60.5 Å². The Bertz CT molecular complexity index is 1120. The van der Waals surface area contributed by atoms with Crippen LogP contribution in [0.5, 0.6) is 0 Å². The van der Waals surface area contributed by atoms with E-state index in [1.807, 2.05) is 0 Å². The molecule has 0 spiro atoms. The van der Waals surface area contributed by atoms with Crippen LogP contribution in [0.2, 0.25) is 0 Å². The topological polar surface area (TPSA) is 114 Å². The summed E-state index contributed by atoms with van der Waals surface area (Å²) in [6.45, 7) is 0.896. The van der Waals surface area contributed by atoms with Gasteiger partial charge in [-0.05, 0) is 48.5 Å². The SMILES string of the molecule is CO[C@H]1C[C@@H](C(=O)Nc2ccc(S(=O)(=O)NC3COC3)cc2)N(C(=O)c2ccc(F)cc2)C1. The van der Waals surface area contributed by atoms with Crippen molar-refractivity contribution in [3.8, 4) is 0 Å². The maximum absolute atomic E-state index is 13.2. The summed E-state index contributed by atoms with van der Waals surface area (Å²) in [5.74, 6) is -1.29. The predicted octanol–water partition coefficient (Wildman–Crippen LogP) is 1.37. The van der Waals surface area contributed by atoms with E-state index < -0.39 is 33.7 Å². The van der Waals surface area contributed by atoms with Crippen LogP contribution in [-0.2, 0) is 24.3 Å². The number of sulfonamides is 1. The van der Waals surface area contributed by atoms with Crippen molar-refractivity contribution in [2.75, 3.05) is 32.2 Å². The zero-order chi connectivity index (χ0) is 23.6. The molecule has 2 aliphatic rings. The summed E-state index contributed by atoms with van der Waals surface area (Å²) in [5.41, 5.74) is 0.658. The van der Waals surface area contributed by atoms with E-state index in [-0.39, 0.29) is 29.1 Å². The van der Waals surface area contributed by atoms with Gasteiger partial charge in [0.1, 0.15) is 11.9 Å². The Balaban J connectivity index is 1.45. The lowest BCUT2D eigenvalue weighted by atomic mass is 10.1. The van der Waals surface area contributed by atoms with Gasteiger partial charge < -0.3 is 19.7 Å². The first-order valence-electron chi connectivity index (χ1n) is 10.4. The van der Waals surface area contributed by atoms with Crippen molar-refractivity contribution in [2.24, 2.45) is 0 Å². The summed E-state index contributed by atoms with van der Waals surface area (Å²) in [7, 11) is -2.18.